The van der Waals surface area contributed by atoms with Crippen LogP contribution in [0, 0.1) is 0 Å². The number of rotatable bonds is 12. The Morgan fingerprint density at radius 3 is 2.50 bits per heavy atom. The highest BCUT2D eigenvalue weighted by Gasteiger charge is 2.18. The highest BCUT2D eigenvalue weighted by Crippen LogP contribution is 2.04. The smallest absolute Gasteiger partial charge is 0.396 e. The van der Waals surface area contributed by atoms with Crippen molar-refractivity contribution >= 4 is 10.4 Å². The highest BCUT2D eigenvalue weighted by molar-refractivity contribution is 7.81. The van der Waals surface area contributed by atoms with Gasteiger partial charge in [0.05, 0.1) is 6.61 Å². The van der Waals surface area contributed by atoms with Crippen LogP contribution < -0.4 is 5.32 Å². The summed E-state index contributed by atoms with van der Waals surface area (Å²) in [5, 5.41) is 11.5. The Balaban J connectivity index is 3.94. The molecule has 0 aromatic carbocycles. The van der Waals surface area contributed by atoms with Crippen molar-refractivity contribution < 1.29 is 21.9 Å². The van der Waals surface area contributed by atoms with Crippen molar-refractivity contribution in [2.45, 2.75) is 52.2 Å². The minimum atomic E-state index is -3.98. The molecule has 1 atom stereocenters. The zero-order valence-corrected chi connectivity index (χ0v) is 12.0. The van der Waals surface area contributed by atoms with Gasteiger partial charge in [-0.15, -0.1) is 0 Å². The van der Waals surface area contributed by atoms with Gasteiger partial charge >= 0.3 is 10.4 Å². The third-order valence-corrected chi connectivity index (χ3v) is 3.21. The molecule has 1 unspecified atom stereocenters. The van der Waals surface area contributed by atoms with Crippen LogP contribution in [0.2, 0.25) is 0 Å². The van der Waals surface area contributed by atoms with Gasteiger partial charge in [-0.3, -0.25) is 5.32 Å². The summed E-state index contributed by atoms with van der Waals surface area (Å²) in [6.07, 6.45) is 3.45. The third-order valence-electron chi connectivity index (χ3n) is 2.29. The van der Waals surface area contributed by atoms with Crippen LogP contribution in [0.4, 0.5) is 0 Å². The Morgan fingerprint density at radius 1 is 1.22 bits per heavy atom. The van der Waals surface area contributed by atoms with Crippen molar-refractivity contribution in [1.29, 1.82) is 0 Å². The third kappa shape index (κ3) is 9.78. The lowest BCUT2D eigenvalue weighted by atomic mass is 10.2. The van der Waals surface area contributed by atoms with E-state index in [1.807, 2.05) is 6.92 Å². The standard InChI is InChI=1S/C11H25NO5S/c1-3-5-6-8-12-11(4-2)17-18(14,15)16-10-7-9-13/h11-13H,3-10H2,1-2H3. The molecule has 6 nitrogen and oxygen atoms in total. The first-order valence-electron chi connectivity index (χ1n) is 6.47. The summed E-state index contributed by atoms with van der Waals surface area (Å²) in [4.78, 5) is 0. The van der Waals surface area contributed by atoms with Crippen LogP contribution in [-0.4, -0.2) is 39.5 Å². The van der Waals surface area contributed by atoms with Gasteiger partial charge in [0.1, 0.15) is 6.23 Å². The van der Waals surface area contributed by atoms with Crippen LogP contribution in [0.3, 0.4) is 0 Å². The van der Waals surface area contributed by atoms with Crippen LogP contribution in [0.15, 0.2) is 0 Å². The van der Waals surface area contributed by atoms with E-state index in [4.69, 9.17) is 9.29 Å². The summed E-state index contributed by atoms with van der Waals surface area (Å²) in [7, 11) is -3.98. The largest absolute Gasteiger partial charge is 0.401 e. The quantitative estimate of drug-likeness (QED) is 0.413. The van der Waals surface area contributed by atoms with E-state index in [9.17, 15) is 8.42 Å². The van der Waals surface area contributed by atoms with Crippen molar-refractivity contribution in [2.75, 3.05) is 19.8 Å². The number of hydrogen-bond donors (Lipinski definition) is 2. The summed E-state index contributed by atoms with van der Waals surface area (Å²) in [6, 6.07) is 0. The highest BCUT2D eigenvalue weighted by atomic mass is 32.3. The van der Waals surface area contributed by atoms with Gasteiger partial charge in [-0.1, -0.05) is 26.7 Å². The van der Waals surface area contributed by atoms with Gasteiger partial charge in [0.2, 0.25) is 0 Å². The lowest BCUT2D eigenvalue weighted by molar-refractivity contribution is 0.123. The number of hydrogen-bond acceptors (Lipinski definition) is 6. The van der Waals surface area contributed by atoms with E-state index in [2.05, 4.69) is 16.4 Å². The maximum Gasteiger partial charge on any atom is 0.401 e. The van der Waals surface area contributed by atoms with E-state index < -0.39 is 16.6 Å². The van der Waals surface area contributed by atoms with Gasteiger partial charge in [-0.25, -0.2) is 8.37 Å². The molecule has 2 N–H and O–H groups in total. The van der Waals surface area contributed by atoms with E-state index in [-0.39, 0.29) is 19.6 Å². The molecule has 0 saturated carbocycles. The van der Waals surface area contributed by atoms with Crippen LogP contribution in [-0.2, 0) is 18.8 Å². The molecule has 0 amide bonds. The van der Waals surface area contributed by atoms with Gasteiger partial charge in [0, 0.05) is 6.61 Å². The lowest BCUT2D eigenvalue weighted by Gasteiger charge is -2.16. The average molecular weight is 283 g/mol. The Labute approximate surface area is 110 Å². The van der Waals surface area contributed by atoms with Crippen LogP contribution in [0.25, 0.3) is 0 Å². The van der Waals surface area contributed by atoms with E-state index in [0.717, 1.165) is 25.8 Å². The average Bonchev–Trinajstić information content (AvgIpc) is 2.33. The maximum atomic E-state index is 11.4. The van der Waals surface area contributed by atoms with Crippen LogP contribution in [0.1, 0.15) is 46.0 Å². The molecule has 0 saturated heterocycles. The molecule has 0 bridgehead atoms. The van der Waals surface area contributed by atoms with Crippen molar-refractivity contribution in [2.24, 2.45) is 0 Å². The summed E-state index contributed by atoms with van der Waals surface area (Å²) in [6.45, 7) is 4.49. The van der Waals surface area contributed by atoms with Gasteiger partial charge in [-0.05, 0) is 25.8 Å². The molecule has 0 rings (SSSR count). The summed E-state index contributed by atoms with van der Waals surface area (Å²) >= 11 is 0. The van der Waals surface area contributed by atoms with Crippen LogP contribution in [0.5, 0.6) is 0 Å². The monoisotopic (exact) mass is 283 g/mol. The number of aliphatic hydroxyl groups is 1. The second kappa shape index (κ2) is 10.7. The van der Waals surface area contributed by atoms with E-state index in [0.29, 0.717) is 6.42 Å². The summed E-state index contributed by atoms with van der Waals surface area (Å²) in [5.41, 5.74) is 0. The van der Waals surface area contributed by atoms with Crippen molar-refractivity contribution in [3.63, 3.8) is 0 Å². The number of unbranched alkanes of at least 4 members (excludes halogenated alkanes) is 2. The second-order valence-electron chi connectivity index (χ2n) is 3.96. The Hall–Kier alpha value is -0.210. The fourth-order valence-electron chi connectivity index (χ4n) is 1.28. The minimum absolute atomic E-state index is 0.0644. The zero-order valence-electron chi connectivity index (χ0n) is 11.2. The van der Waals surface area contributed by atoms with E-state index >= 15 is 0 Å². The Bertz CT molecular complexity index is 281. The van der Waals surface area contributed by atoms with Gasteiger partial charge in [0.15, 0.2) is 0 Å². The molecule has 0 heterocycles. The lowest BCUT2D eigenvalue weighted by Crippen LogP contribution is -2.34. The molecule has 18 heavy (non-hydrogen) atoms. The molecule has 0 aromatic rings. The first-order chi connectivity index (χ1) is 8.55. The zero-order chi connectivity index (χ0) is 13.9. The molecule has 110 valence electrons. The van der Waals surface area contributed by atoms with Crippen molar-refractivity contribution in [1.82, 2.24) is 5.32 Å². The molecule has 0 fully saturated rings. The number of aliphatic hydroxyl groups excluding tert-OH is 1. The molecule has 7 heteroatoms. The van der Waals surface area contributed by atoms with Gasteiger partial charge in [0.25, 0.3) is 0 Å². The first kappa shape index (κ1) is 17.8. The molecule has 0 aromatic heterocycles. The van der Waals surface area contributed by atoms with E-state index in [1.54, 1.807) is 0 Å². The number of nitrogens with one attached hydrogen (secondary N) is 1. The molecule has 0 radical (unpaired) electrons. The minimum Gasteiger partial charge on any atom is -0.396 e. The predicted molar refractivity (Wildman–Crippen MR) is 69.3 cm³/mol. The summed E-state index contributed by atoms with van der Waals surface area (Å²) < 4.78 is 32.2. The normalized spacial score (nSPS) is 13.7. The molecule has 0 spiro atoms. The van der Waals surface area contributed by atoms with Crippen LogP contribution >= 0.6 is 0 Å². The fourth-order valence-corrected chi connectivity index (χ4v) is 2.15. The summed E-state index contributed by atoms with van der Waals surface area (Å²) in [5.74, 6) is 0. The van der Waals surface area contributed by atoms with E-state index in [1.165, 1.54) is 0 Å². The molecule has 0 aliphatic carbocycles. The maximum absolute atomic E-state index is 11.4. The molecular weight excluding hydrogens is 258 g/mol. The Kier molecular flexibility index (Phi) is 10.6. The topological polar surface area (TPSA) is 84.9 Å². The van der Waals surface area contributed by atoms with Crippen molar-refractivity contribution in [3.8, 4) is 0 Å². The van der Waals surface area contributed by atoms with Gasteiger partial charge < -0.3 is 5.11 Å². The molecular formula is C11H25NO5S. The first-order valence-corrected chi connectivity index (χ1v) is 7.81. The molecule has 0 aliphatic heterocycles. The fraction of sp³-hybridized carbons (Fsp3) is 1.00. The van der Waals surface area contributed by atoms with Crippen molar-refractivity contribution in [3.05, 3.63) is 0 Å². The second-order valence-corrected chi connectivity index (χ2v) is 5.21. The molecule has 0 aliphatic rings. The SMILES string of the molecule is CCCCCNC(CC)OS(=O)(=O)OCCCO. The Morgan fingerprint density at radius 2 is 1.94 bits per heavy atom. The van der Waals surface area contributed by atoms with Gasteiger partial charge in [-0.2, -0.15) is 8.42 Å². The predicted octanol–water partition coefficient (Wildman–Crippen LogP) is 1.16.